The van der Waals surface area contributed by atoms with Crippen molar-refractivity contribution in [2.45, 2.75) is 71.8 Å². The molecule has 1 saturated heterocycles. The van der Waals surface area contributed by atoms with E-state index < -0.39 is 0 Å². The molecule has 0 bridgehead atoms. The van der Waals surface area contributed by atoms with E-state index in [1.807, 2.05) is 0 Å². The minimum Gasteiger partial charge on any atom is -0.373 e. The average molecular weight is 242 g/mol. The van der Waals surface area contributed by atoms with Crippen molar-refractivity contribution in [2.75, 3.05) is 19.6 Å². The van der Waals surface area contributed by atoms with Crippen molar-refractivity contribution in [3.8, 4) is 0 Å². The van der Waals surface area contributed by atoms with Gasteiger partial charge in [-0.15, -0.1) is 0 Å². The summed E-state index contributed by atoms with van der Waals surface area (Å²) in [5, 5.41) is 3.56. The number of ether oxygens (including phenoxy) is 1. The normalized spacial score (nSPS) is 29.3. The van der Waals surface area contributed by atoms with Crippen molar-refractivity contribution >= 4 is 0 Å². The molecular weight excluding hydrogens is 212 g/mol. The highest BCUT2D eigenvalue weighted by molar-refractivity contribution is 4.79. The third-order valence-corrected chi connectivity index (χ3v) is 3.29. The van der Waals surface area contributed by atoms with Crippen LogP contribution in [0.1, 0.15) is 48.0 Å². The zero-order valence-electron chi connectivity index (χ0n) is 12.4. The van der Waals surface area contributed by atoms with Crippen LogP contribution >= 0.6 is 0 Å². The van der Waals surface area contributed by atoms with Crippen molar-refractivity contribution in [1.82, 2.24) is 10.2 Å². The molecule has 17 heavy (non-hydrogen) atoms. The van der Waals surface area contributed by atoms with Gasteiger partial charge < -0.3 is 10.1 Å². The fourth-order valence-corrected chi connectivity index (χ4v) is 2.42. The summed E-state index contributed by atoms with van der Waals surface area (Å²) < 4.78 is 5.77. The molecule has 3 atom stereocenters. The monoisotopic (exact) mass is 242 g/mol. The predicted octanol–water partition coefficient (Wildman–Crippen LogP) is 2.26. The maximum absolute atomic E-state index is 5.77. The van der Waals surface area contributed by atoms with Gasteiger partial charge in [-0.2, -0.15) is 0 Å². The summed E-state index contributed by atoms with van der Waals surface area (Å²) in [6, 6.07) is 0.638. The third-order valence-electron chi connectivity index (χ3n) is 3.29. The van der Waals surface area contributed by atoms with Gasteiger partial charge in [0, 0.05) is 24.7 Å². The fraction of sp³-hybridized carbons (Fsp3) is 1.00. The van der Waals surface area contributed by atoms with E-state index in [-0.39, 0.29) is 5.54 Å². The van der Waals surface area contributed by atoms with Crippen molar-refractivity contribution in [3.63, 3.8) is 0 Å². The molecule has 1 aliphatic heterocycles. The molecule has 0 saturated carbocycles. The highest BCUT2D eigenvalue weighted by Gasteiger charge is 2.25. The van der Waals surface area contributed by atoms with Crippen LogP contribution in [0.4, 0.5) is 0 Å². The second kappa shape index (κ2) is 6.17. The van der Waals surface area contributed by atoms with Gasteiger partial charge in [0.05, 0.1) is 12.2 Å². The number of hydrogen-bond donors (Lipinski definition) is 1. The lowest BCUT2D eigenvalue weighted by molar-refractivity contribution is -0.0791. The van der Waals surface area contributed by atoms with E-state index in [9.17, 15) is 0 Å². The Kier molecular flexibility index (Phi) is 5.42. The predicted molar refractivity (Wildman–Crippen MR) is 73.4 cm³/mol. The Morgan fingerprint density at radius 3 is 2.24 bits per heavy atom. The molecule has 1 aliphatic rings. The minimum atomic E-state index is 0.227. The molecule has 0 aromatic carbocycles. The molecule has 0 spiro atoms. The molecule has 3 unspecified atom stereocenters. The van der Waals surface area contributed by atoms with Gasteiger partial charge in [-0.25, -0.2) is 0 Å². The van der Waals surface area contributed by atoms with Crippen LogP contribution in [0.3, 0.4) is 0 Å². The molecule has 1 N–H and O–H groups in total. The molecule has 0 aliphatic carbocycles. The Hall–Kier alpha value is -0.120. The highest BCUT2D eigenvalue weighted by atomic mass is 16.5. The first-order valence-electron chi connectivity index (χ1n) is 6.92. The van der Waals surface area contributed by atoms with E-state index in [0.717, 1.165) is 19.6 Å². The van der Waals surface area contributed by atoms with Gasteiger partial charge in [0.15, 0.2) is 0 Å². The van der Waals surface area contributed by atoms with Crippen molar-refractivity contribution in [2.24, 2.45) is 0 Å². The third kappa shape index (κ3) is 5.84. The Morgan fingerprint density at radius 2 is 1.76 bits per heavy atom. The summed E-state index contributed by atoms with van der Waals surface area (Å²) in [5.74, 6) is 0. The zero-order chi connectivity index (χ0) is 13.1. The molecule has 0 amide bonds. The largest absolute Gasteiger partial charge is 0.373 e. The van der Waals surface area contributed by atoms with Crippen LogP contribution in [0.5, 0.6) is 0 Å². The second-order valence-corrected chi connectivity index (χ2v) is 6.53. The molecule has 1 rings (SSSR count). The minimum absolute atomic E-state index is 0.227. The maximum Gasteiger partial charge on any atom is 0.0678 e. The summed E-state index contributed by atoms with van der Waals surface area (Å²) in [4.78, 5) is 2.56. The van der Waals surface area contributed by atoms with E-state index in [1.165, 1.54) is 6.42 Å². The molecule has 1 fully saturated rings. The molecule has 0 aromatic heterocycles. The average Bonchev–Trinajstić information content (AvgIpc) is 2.13. The van der Waals surface area contributed by atoms with Gasteiger partial charge in [0.25, 0.3) is 0 Å². The van der Waals surface area contributed by atoms with Crippen LogP contribution in [0.15, 0.2) is 0 Å². The summed E-state index contributed by atoms with van der Waals surface area (Å²) in [6.45, 7) is 16.6. The van der Waals surface area contributed by atoms with E-state index >= 15 is 0 Å². The zero-order valence-corrected chi connectivity index (χ0v) is 12.4. The summed E-state index contributed by atoms with van der Waals surface area (Å²) in [6.07, 6.45) is 1.95. The Labute approximate surface area is 107 Å². The van der Waals surface area contributed by atoms with Crippen LogP contribution in [-0.2, 0) is 4.74 Å². The number of hydrogen-bond acceptors (Lipinski definition) is 3. The van der Waals surface area contributed by atoms with Gasteiger partial charge in [0.1, 0.15) is 0 Å². The number of morpholine rings is 1. The van der Waals surface area contributed by atoms with Gasteiger partial charge in [0.2, 0.25) is 0 Å². The molecule has 102 valence electrons. The van der Waals surface area contributed by atoms with Gasteiger partial charge in [-0.3, -0.25) is 4.90 Å². The van der Waals surface area contributed by atoms with Crippen LogP contribution in [0.2, 0.25) is 0 Å². The summed E-state index contributed by atoms with van der Waals surface area (Å²) in [7, 11) is 0. The number of nitrogens with zero attached hydrogens (tertiary/aromatic N) is 1. The Morgan fingerprint density at radius 1 is 1.24 bits per heavy atom. The smallest absolute Gasteiger partial charge is 0.0678 e. The van der Waals surface area contributed by atoms with E-state index in [2.05, 4.69) is 51.8 Å². The van der Waals surface area contributed by atoms with E-state index in [1.54, 1.807) is 0 Å². The van der Waals surface area contributed by atoms with Crippen molar-refractivity contribution < 1.29 is 4.74 Å². The molecule has 3 nitrogen and oxygen atoms in total. The second-order valence-electron chi connectivity index (χ2n) is 6.53. The lowest BCUT2D eigenvalue weighted by Crippen LogP contribution is -2.50. The lowest BCUT2D eigenvalue weighted by atomic mass is 10.1. The molecule has 0 aromatic rings. The Balaban J connectivity index is 2.29. The maximum atomic E-state index is 5.77. The topological polar surface area (TPSA) is 24.5 Å². The molecule has 1 heterocycles. The number of nitrogens with one attached hydrogen (secondary N) is 1. The van der Waals surface area contributed by atoms with Crippen LogP contribution < -0.4 is 5.32 Å². The van der Waals surface area contributed by atoms with Crippen LogP contribution in [0.25, 0.3) is 0 Å². The Bertz CT molecular complexity index is 215. The summed E-state index contributed by atoms with van der Waals surface area (Å²) >= 11 is 0. The van der Waals surface area contributed by atoms with Gasteiger partial charge >= 0.3 is 0 Å². The highest BCUT2D eigenvalue weighted by Crippen LogP contribution is 2.15. The standard InChI is InChI=1S/C14H30N2O/c1-11(7-8-15-14(4,5)6)16-9-12(2)17-13(3)10-16/h11-13,15H,7-10H2,1-6H3. The number of rotatable bonds is 4. The van der Waals surface area contributed by atoms with E-state index in [0.29, 0.717) is 18.2 Å². The SMILES string of the molecule is CC1CN(C(C)CCNC(C)(C)C)CC(C)O1. The summed E-state index contributed by atoms with van der Waals surface area (Å²) in [5.41, 5.74) is 0.227. The lowest BCUT2D eigenvalue weighted by Gasteiger charge is -2.39. The molecule has 0 radical (unpaired) electrons. The van der Waals surface area contributed by atoms with E-state index in [4.69, 9.17) is 4.74 Å². The first-order chi connectivity index (χ1) is 7.78. The molecular formula is C14H30N2O. The first-order valence-corrected chi connectivity index (χ1v) is 6.92. The van der Waals surface area contributed by atoms with Crippen LogP contribution in [0, 0.1) is 0 Å². The van der Waals surface area contributed by atoms with Crippen molar-refractivity contribution in [1.29, 1.82) is 0 Å². The molecule has 3 heteroatoms. The fourth-order valence-electron chi connectivity index (χ4n) is 2.42. The van der Waals surface area contributed by atoms with Crippen LogP contribution in [-0.4, -0.2) is 48.3 Å². The first kappa shape index (κ1) is 14.9. The van der Waals surface area contributed by atoms with Gasteiger partial charge in [-0.05, 0) is 54.5 Å². The quantitative estimate of drug-likeness (QED) is 0.818. The van der Waals surface area contributed by atoms with Crippen molar-refractivity contribution in [3.05, 3.63) is 0 Å². The van der Waals surface area contributed by atoms with Gasteiger partial charge in [-0.1, -0.05) is 0 Å².